The van der Waals surface area contributed by atoms with E-state index < -0.39 is 53.4 Å². The van der Waals surface area contributed by atoms with E-state index >= 15 is 0 Å². The molecular weight excluding hydrogens is 512 g/mol. The van der Waals surface area contributed by atoms with E-state index in [0.717, 1.165) is 41.5 Å². The van der Waals surface area contributed by atoms with Gasteiger partial charge in [-0.1, -0.05) is 36.4 Å². The maximum absolute atomic E-state index is 11.5. The van der Waals surface area contributed by atoms with Gasteiger partial charge in [0.15, 0.2) is 0 Å². The molecule has 1 aromatic rings. The highest BCUT2D eigenvalue weighted by Crippen LogP contribution is 2.19. The van der Waals surface area contributed by atoms with E-state index in [1.54, 1.807) is 24.3 Å². The van der Waals surface area contributed by atoms with Crippen LogP contribution in [0.4, 0.5) is 0 Å². The maximum Gasteiger partial charge on any atom is 0.735 e. The fourth-order valence-corrected chi connectivity index (χ4v) is 6.50. The first-order valence-corrected chi connectivity index (χ1v) is 13.9. The lowest BCUT2D eigenvalue weighted by atomic mass is 10.1. The summed E-state index contributed by atoms with van der Waals surface area (Å²) in [4.78, 5) is 69.2. The van der Waals surface area contributed by atoms with Gasteiger partial charge in [-0.2, -0.15) is 0 Å². The summed E-state index contributed by atoms with van der Waals surface area (Å²) in [5.74, 6) is -4.86. The topological polar surface area (TPSA) is 158 Å². The summed E-state index contributed by atoms with van der Waals surface area (Å²) in [6.45, 7) is 6.47. The Morgan fingerprint density at radius 1 is 0.472 bits per heavy atom. The molecule has 0 fully saturated rings. The summed E-state index contributed by atoms with van der Waals surface area (Å²) >= 11 is 0. The molecule has 0 aromatic heterocycles. The largest absolute Gasteiger partial charge is 0.735 e. The molecule has 1 rings (SSSR count). The number of benzene rings is 1. The maximum atomic E-state index is 11.5. The van der Waals surface area contributed by atoms with Gasteiger partial charge in [0, 0.05) is 52.9 Å². The molecule has 0 aliphatic rings. The van der Waals surface area contributed by atoms with Crippen molar-refractivity contribution in [2.24, 2.45) is 0 Å². The molecule has 12 nitrogen and oxygen atoms in total. The van der Waals surface area contributed by atoms with Gasteiger partial charge in [-0.25, -0.2) is 0 Å². The lowest BCUT2D eigenvalue weighted by molar-refractivity contribution is -0.150. The van der Waals surface area contributed by atoms with Crippen LogP contribution in [0.1, 0.15) is 52.7 Å². The average molecular weight is 539 g/mol. The first-order valence-electron chi connectivity index (χ1n) is 10.3. The molecule has 0 bridgehead atoms. The second kappa shape index (κ2) is 13.2. The first kappa shape index (κ1) is 30.0. The Labute approximate surface area is 209 Å². The highest BCUT2D eigenvalue weighted by molar-refractivity contribution is 6.71. The SMILES string of the molecule is CC(=O)O[Si](C=Cc1ccc(C=C[Si](OC(C)=O)(OC(C)=O)OC(C)=O)cc1)(OC(C)=O)OC(C)=O. The summed E-state index contributed by atoms with van der Waals surface area (Å²) in [7, 11) is -8.30. The standard InChI is InChI=1S/C22H26O12Si2/c1-15(23)29-35(30-16(2)24,31-17(3)25)13-11-21-7-9-22(10-8-21)12-14-36(32-18(4)26,33-19(5)27)34-20(6)28/h7-14H,1-6H3. The number of hydrogen-bond donors (Lipinski definition) is 0. The molecule has 194 valence electrons. The van der Waals surface area contributed by atoms with Crippen molar-refractivity contribution in [3.05, 3.63) is 46.8 Å². The molecule has 14 heteroatoms. The van der Waals surface area contributed by atoms with Crippen molar-refractivity contribution >= 4 is 65.6 Å². The fourth-order valence-electron chi connectivity index (χ4n) is 2.65. The van der Waals surface area contributed by atoms with Crippen LogP contribution in [0.3, 0.4) is 0 Å². The third-order valence-corrected chi connectivity index (χ3v) is 8.19. The van der Waals surface area contributed by atoms with E-state index in [-0.39, 0.29) is 0 Å². The third-order valence-electron chi connectivity index (χ3n) is 3.61. The van der Waals surface area contributed by atoms with Crippen molar-refractivity contribution in [1.29, 1.82) is 0 Å². The second-order valence-electron chi connectivity index (χ2n) is 7.10. The van der Waals surface area contributed by atoms with Gasteiger partial charge >= 0.3 is 17.6 Å². The van der Waals surface area contributed by atoms with Crippen molar-refractivity contribution in [3.8, 4) is 0 Å². The van der Waals surface area contributed by atoms with Crippen LogP contribution in [0.15, 0.2) is 35.7 Å². The molecule has 0 spiro atoms. The summed E-state index contributed by atoms with van der Waals surface area (Å²) in [5, 5.41) is 0. The minimum absolute atomic E-state index is 0.541. The van der Waals surface area contributed by atoms with E-state index in [2.05, 4.69) is 0 Å². The van der Waals surface area contributed by atoms with Crippen molar-refractivity contribution in [3.63, 3.8) is 0 Å². The second-order valence-corrected chi connectivity index (χ2v) is 11.4. The Kier molecular flexibility index (Phi) is 11.0. The van der Waals surface area contributed by atoms with Gasteiger partial charge in [0.2, 0.25) is 0 Å². The molecule has 0 aliphatic carbocycles. The van der Waals surface area contributed by atoms with Gasteiger partial charge in [-0.3, -0.25) is 28.8 Å². The normalized spacial score (nSPS) is 11.5. The lowest BCUT2D eigenvalue weighted by Gasteiger charge is -2.23. The smallest absolute Gasteiger partial charge is 0.452 e. The Bertz CT molecular complexity index is 908. The van der Waals surface area contributed by atoms with Gasteiger partial charge in [-0.05, 0) is 11.1 Å². The van der Waals surface area contributed by atoms with Crippen LogP contribution in [0, 0.1) is 0 Å². The zero-order valence-electron chi connectivity index (χ0n) is 20.5. The van der Waals surface area contributed by atoms with Gasteiger partial charge < -0.3 is 26.6 Å². The summed E-state index contributed by atoms with van der Waals surface area (Å²) in [6.07, 6.45) is 2.87. The molecule has 0 amide bonds. The molecule has 0 heterocycles. The highest BCUT2D eigenvalue weighted by atomic mass is 28.4. The van der Waals surface area contributed by atoms with Crippen LogP contribution < -0.4 is 0 Å². The average Bonchev–Trinajstić information content (AvgIpc) is 2.68. The predicted molar refractivity (Wildman–Crippen MR) is 127 cm³/mol. The van der Waals surface area contributed by atoms with E-state index in [0.29, 0.717) is 11.1 Å². The van der Waals surface area contributed by atoms with E-state index in [4.69, 9.17) is 26.6 Å². The first-order chi connectivity index (χ1) is 16.7. The summed E-state index contributed by atoms with van der Waals surface area (Å²) in [6, 6.07) is 6.43. The molecule has 0 saturated heterocycles. The van der Waals surface area contributed by atoms with Crippen LogP contribution in [0.25, 0.3) is 12.2 Å². The zero-order valence-corrected chi connectivity index (χ0v) is 22.5. The summed E-state index contributed by atoms with van der Waals surface area (Å²) in [5.41, 5.74) is 3.50. The fraction of sp³-hybridized carbons (Fsp3) is 0.273. The number of carbonyl (C=O) groups is 6. The highest BCUT2D eigenvalue weighted by Gasteiger charge is 2.50. The van der Waals surface area contributed by atoms with Gasteiger partial charge in [0.05, 0.1) is 0 Å². The van der Waals surface area contributed by atoms with Gasteiger partial charge in [0.1, 0.15) is 0 Å². The molecule has 0 unspecified atom stereocenters. The van der Waals surface area contributed by atoms with Gasteiger partial charge in [-0.15, -0.1) is 0 Å². The third kappa shape index (κ3) is 10.9. The minimum Gasteiger partial charge on any atom is -0.452 e. The lowest BCUT2D eigenvalue weighted by Crippen LogP contribution is -2.48. The molecule has 36 heavy (non-hydrogen) atoms. The Morgan fingerprint density at radius 3 is 0.833 bits per heavy atom. The molecular formula is C22H26O12Si2. The molecule has 0 aliphatic heterocycles. The molecule has 1 aromatic carbocycles. The number of carbonyl (C=O) groups excluding carboxylic acids is 6. The Morgan fingerprint density at radius 2 is 0.667 bits per heavy atom. The van der Waals surface area contributed by atoms with Crippen molar-refractivity contribution in [2.45, 2.75) is 41.5 Å². The van der Waals surface area contributed by atoms with Gasteiger partial charge in [0.25, 0.3) is 35.8 Å². The molecule has 0 atom stereocenters. The zero-order chi connectivity index (χ0) is 27.5. The summed E-state index contributed by atoms with van der Waals surface area (Å²) < 4.78 is 30.4. The monoisotopic (exact) mass is 538 g/mol. The van der Waals surface area contributed by atoms with E-state index in [1.807, 2.05) is 0 Å². The van der Waals surface area contributed by atoms with Crippen molar-refractivity contribution < 1.29 is 55.3 Å². The van der Waals surface area contributed by atoms with Crippen molar-refractivity contribution in [1.82, 2.24) is 0 Å². The number of rotatable bonds is 10. The van der Waals surface area contributed by atoms with E-state index in [1.165, 1.54) is 23.6 Å². The van der Waals surface area contributed by atoms with Crippen LogP contribution >= 0.6 is 0 Å². The predicted octanol–water partition coefficient (Wildman–Crippen LogP) is 2.05. The molecule has 0 saturated carbocycles. The Hall–Kier alpha value is -4.05. The van der Waals surface area contributed by atoms with Crippen LogP contribution in [-0.4, -0.2) is 53.4 Å². The quantitative estimate of drug-likeness (QED) is 0.400. The molecule has 0 N–H and O–H groups in total. The van der Waals surface area contributed by atoms with Crippen LogP contribution in [0.5, 0.6) is 0 Å². The van der Waals surface area contributed by atoms with Crippen molar-refractivity contribution in [2.75, 3.05) is 0 Å². The minimum atomic E-state index is -4.15. The Balaban J connectivity index is 3.27. The number of hydrogen-bond acceptors (Lipinski definition) is 12. The van der Waals surface area contributed by atoms with Crippen LogP contribution in [-0.2, 0) is 55.3 Å². The van der Waals surface area contributed by atoms with E-state index in [9.17, 15) is 28.8 Å². The molecule has 0 radical (unpaired) electrons. The van der Waals surface area contributed by atoms with Crippen LogP contribution in [0.2, 0.25) is 0 Å².